The van der Waals surface area contributed by atoms with Crippen LogP contribution < -0.4 is 11.1 Å². The van der Waals surface area contributed by atoms with Crippen LogP contribution in [-0.4, -0.2) is 30.8 Å². The van der Waals surface area contributed by atoms with Crippen LogP contribution in [0.1, 0.15) is 20.3 Å². The Bertz CT molecular complexity index is 494. The number of hydrogen-bond donors (Lipinski definition) is 2. The number of nitrogen functional groups attached to an aromatic ring is 1. The highest BCUT2D eigenvalue weighted by molar-refractivity contribution is 8.00. The third-order valence-corrected chi connectivity index (χ3v) is 4.21. The third-order valence-electron chi connectivity index (χ3n) is 3.21. The standard InChI is InChI=1S/C15H22N2O3S/c1-4-10(2)14(15(19)20-3)17-13(18)9-21-12-7-5-6-11(16)8-12/h5-8,10,14H,4,9,16H2,1-3H3,(H,17,18). The van der Waals surface area contributed by atoms with Crippen LogP contribution in [0.5, 0.6) is 0 Å². The zero-order valence-corrected chi connectivity index (χ0v) is 13.4. The van der Waals surface area contributed by atoms with Crippen molar-refractivity contribution in [1.82, 2.24) is 5.32 Å². The average molecular weight is 310 g/mol. The molecule has 0 aliphatic heterocycles. The zero-order valence-electron chi connectivity index (χ0n) is 12.6. The number of thioether (sulfide) groups is 1. The predicted molar refractivity (Wildman–Crippen MR) is 85.0 cm³/mol. The lowest BCUT2D eigenvalue weighted by Gasteiger charge is -2.21. The molecule has 0 radical (unpaired) electrons. The molecule has 0 heterocycles. The van der Waals surface area contributed by atoms with E-state index in [2.05, 4.69) is 5.32 Å². The van der Waals surface area contributed by atoms with Crippen molar-refractivity contribution in [3.05, 3.63) is 24.3 Å². The second kappa shape index (κ2) is 8.56. The Kier molecular flexibility index (Phi) is 7.08. The molecule has 0 aliphatic rings. The number of methoxy groups -OCH3 is 1. The van der Waals surface area contributed by atoms with E-state index >= 15 is 0 Å². The molecule has 3 N–H and O–H groups in total. The molecular formula is C15H22N2O3S. The Labute approximate surface area is 129 Å². The molecule has 2 unspecified atom stereocenters. The van der Waals surface area contributed by atoms with Crippen molar-refractivity contribution in [2.45, 2.75) is 31.2 Å². The molecule has 0 saturated carbocycles. The summed E-state index contributed by atoms with van der Waals surface area (Å²) in [5.74, 6) is -0.351. The van der Waals surface area contributed by atoms with E-state index in [0.29, 0.717) is 5.69 Å². The van der Waals surface area contributed by atoms with Crippen LogP contribution in [0.2, 0.25) is 0 Å². The van der Waals surface area contributed by atoms with Crippen molar-refractivity contribution in [2.75, 3.05) is 18.6 Å². The van der Waals surface area contributed by atoms with Crippen molar-refractivity contribution in [3.63, 3.8) is 0 Å². The van der Waals surface area contributed by atoms with E-state index in [1.807, 2.05) is 32.0 Å². The number of amides is 1. The molecule has 6 heteroatoms. The SMILES string of the molecule is CCC(C)C(NC(=O)CSc1cccc(N)c1)C(=O)OC. The lowest BCUT2D eigenvalue weighted by molar-refractivity contribution is -0.146. The van der Waals surface area contributed by atoms with Gasteiger partial charge < -0.3 is 15.8 Å². The Morgan fingerprint density at radius 2 is 2.14 bits per heavy atom. The van der Waals surface area contributed by atoms with E-state index in [9.17, 15) is 9.59 Å². The molecule has 0 aliphatic carbocycles. The molecule has 0 bridgehead atoms. The molecule has 1 amide bonds. The Balaban J connectivity index is 2.56. The highest BCUT2D eigenvalue weighted by Gasteiger charge is 2.26. The Morgan fingerprint density at radius 3 is 2.71 bits per heavy atom. The van der Waals surface area contributed by atoms with E-state index in [-0.39, 0.29) is 17.6 Å². The molecule has 0 spiro atoms. The Morgan fingerprint density at radius 1 is 1.43 bits per heavy atom. The van der Waals surface area contributed by atoms with Gasteiger partial charge in [0.25, 0.3) is 0 Å². The van der Waals surface area contributed by atoms with Crippen LogP contribution in [-0.2, 0) is 14.3 Å². The first-order valence-corrected chi connectivity index (χ1v) is 7.82. The highest BCUT2D eigenvalue weighted by Crippen LogP contribution is 2.20. The smallest absolute Gasteiger partial charge is 0.328 e. The fourth-order valence-corrected chi connectivity index (χ4v) is 2.54. The number of rotatable bonds is 7. The summed E-state index contributed by atoms with van der Waals surface area (Å²) < 4.78 is 4.74. The summed E-state index contributed by atoms with van der Waals surface area (Å²) in [6, 6.07) is 6.73. The van der Waals surface area contributed by atoms with Gasteiger partial charge in [-0.1, -0.05) is 26.3 Å². The minimum absolute atomic E-state index is 0.0266. The maximum atomic E-state index is 12.0. The molecular weight excluding hydrogens is 288 g/mol. The van der Waals surface area contributed by atoms with Gasteiger partial charge in [0.05, 0.1) is 12.9 Å². The van der Waals surface area contributed by atoms with Gasteiger partial charge in [0.2, 0.25) is 5.91 Å². The number of carbonyl (C=O) groups excluding carboxylic acids is 2. The molecule has 1 aromatic rings. The van der Waals surface area contributed by atoms with Crippen LogP contribution in [0, 0.1) is 5.92 Å². The first kappa shape index (κ1) is 17.4. The van der Waals surface area contributed by atoms with Crippen LogP contribution in [0.15, 0.2) is 29.2 Å². The van der Waals surface area contributed by atoms with Crippen molar-refractivity contribution < 1.29 is 14.3 Å². The summed E-state index contributed by atoms with van der Waals surface area (Å²) in [5.41, 5.74) is 6.35. The third kappa shape index (κ3) is 5.67. The normalized spacial score (nSPS) is 13.3. The number of nitrogens with one attached hydrogen (secondary N) is 1. The number of carbonyl (C=O) groups is 2. The molecule has 5 nitrogen and oxygen atoms in total. The van der Waals surface area contributed by atoms with E-state index in [0.717, 1.165) is 11.3 Å². The molecule has 1 rings (SSSR count). The van der Waals surface area contributed by atoms with Crippen molar-refractivity contribution in [1.29, 1.82) is 0 Å². The average Bonchev–Trinajstić information content (AvgIpc) is 2.49. The lowest BCUT2D eigenvalue weighted by atomic mass is 9.99. The van der Waals surface area contributed by atoms with Crippen LogP contribution >= 0.6 is 11.8 Å². The van der Waals surface area contributed by atoms with Gasteiger partial charge in [0.1, 0.15) is 6.04 Å². The molecule has 116 valence electrons. The van der Waals surface area contributed by atoms with Gasteiger partial charge in [-0.2, -0.15) is 0 Å². The van der Waals surface area contributed by atoms with Crippen molar-refractivity contribution in [3.8, 4) is 0 Å². The van der Waals surface area contributed by atoms with Crippen LogP contribution in [0.3, 0.4) is 0 Å². The molecule has 21 heavy (non-hydrogen) atoms. The fraction of sp³-hybridized carbons (Fsp3) is 0.467. The van der Waals surface area contributed by atoms with Gasteiger partial charge in [-0.05, 0) is 24.1 Å². The van der Waals surface area contributed by atoms with Gasteiger partial charge in [0, 0.05) is 10.6 Å². The second-order valence-corrected chi connectivity index (χ2v) is 5.86. The van der Waals surface area contributed by atoms with E-state index < -0.39 is 12.0 Å². The number of ether oxygens (including phenoxy) is 1. The van der Waals surface area contributed by atoms with Crippen LogP contribution in [0.4, 0.5) is 5.69 Å². The minimum atomic E-state index is -0.603. The quantitative estimate of drug-likeness (QED) is 0.458. The largest absolute Gasteiger partial charge is 0.467 e. The van der Waals surface area contributed by atoms with E-state index in [1.54, 1.807) is 6.07 Å². The van der Waals surface area contributed by atoms with Gasteiger partial charge in [-0.3, -0.25) is 4.79 Å². The van der Waals surface area contributed by atoms with Gasteiger partial charge in [-0.15, -0.1) is 11.8 Å². The Hall–Kier alpha value is -1.69. The first-order chi connectivity index (χ1) is 9.97. The number of nitrogens with two attached hydrogens (primary N) is 1. The summed E-state index contributed by atoms with van der Waals surface area (Å²) in [7, 11) is 1.32. The molecule has 0 aromatic heterocycles. The number of esters is 1. The summed E-state index contributed by atoms with van der Waals surface area (Å²) in [5, 5.41) is 2.74. The maximum Gasteiger partial charge on any atom is 0.328 e. The molecule has 1 aromatic carbocycles. The molecule has 2 atom stereocenters. The fourth-order valence-electron chi connectivity index (χ4n) is 1.76. The number of benzene rings is 1. The summed E-state index contributed by atoms with van der Waals surface area (Å²) >= 11 is 1.38. The van der Waals surface area contributed by atoms with E-state index in [1.165, 1.54) is 18.9 Å². The number of anilines is 1. The van der Waals surface area contributed by atoms with Crippen molar-refractivity contribution >= 4 is 29.3 Å². The minimum Gasteiger partial charge on any atom is -0.467 e. The van der Waals surface area contributed by atoms with Gasteiger partial charge in [-0.25, -0.2) is 4.79 Å². The van der Waals surface area contributed by atoms with Gasteiger partial charge in [0.15, 0.2) is 0 Å². The summed E-state index contributed by atoms with van der Waals surface area (Å²) in [6.07, 6.45) is 0.780. The predicted octanol–water partition coefficient (Wildman–Crippen LogP) is 2.06. The first-order valence-electron chi connectivity index (χ1n) is 6.83. The maximum absolute atomic E-state index is 12.0. The topological polar surface area (TPSA) is 81.4 Å². The highest BCUT2D eigenvalue weighted by atomic mass is 32.2. The molecule has 0 saturated heterocycles. The second-order valence-electron chi connectivity index (χ2n) is 4.82. The monoisotopic (exact) mass is 310 g/mol. The number of hydrogen-bond acceptors (Lipinski definition) is 5. The zero-order chi connectivity index (χ0) is 15.8. The van der Waals surface area contributed by atoms with Crippen LogP contribution in [0.25, 0.3) is 0 Å². The lowest BCUT2D eigenvalue weighted by Crippen LogP contribution is -2.46. The van der Waals surface area contributed by atoms with Gasteiger partial charge >= 0.3 is 5.97 Å². The van der Waals surface area contributed by atoms with Crippen molar-refractivity contribution in [2.24, 2.45) is 5.92 Å². The molecule has 0 fully saturated rings. The summed E-state index contributed by atoms with van der Waals surface area (Å²) in [6.45, 7) is 3.88. The summed E-state index contributed by atoms with van der Waals surface area (Å²) in [4.78, 5) is 24.6. The van der Waals surface area contributed by atoms with E-state index in [4.69, 9.17) is 10.5 Å².